The molecule has 154 valence electrons. The third-order valence-electron chi connectivity index (χ3n) is 4.99. The van der Waals surface area contributed by atoms with Gasteiger partial charge in [0.25, 0.3) is 0 Å². The van der Waals surface area contributed by atoms with Gasteiger partial charge in [0.05, 0.1) is 19.9 Å². The summed E-state index contributed by atoms with van der Waals surface area (Å²) >= 11 is 0. The standard InChI is InChI=1S/C22H27N3O4/c1-16-5-4-6-17(13-16)24-9-11-25(12-10-24)22(27)15-21(26)23-19-8-7-18(28-2)14-20(19)29-3/h4-8,13-14H,9-12,15H2,1-3H3,(H,23,26). The minimum absolute atomic E-state index is 0.168. The first-order valence-electron chi connectivity index (χ1n) is 9.61. The number of amides is 2. The van der Waals surface area contributed by atoms with Crippen LogP contribution in [0.4, 0.5) is 11.4 Å². The fourth-order valence-electron chi connectivity index (χ4n) is 3.38. The fraction of sp³-hybridized carbons (Fsp3) is 0.364. The van der Waals surface area contributed by atoms with Gasteiger partial charge in [-0.15, -0.1) is 0 Å². The molecule has 0 spiro atoms. The molecule has 1 aliphatic rings. The molecule has 1 fully saturated rings. The van der Waals surface area contributed by atoms with Gasteiger partial charge in [0, 0.05) is 37.9 Å². The lowest BCUT2D eigenvalue weighted by Gasteiger charge is -2.36. The number of hydrogen-bond donors (Lipinski definition) is 1. The summed E-state index contributed by atoms with van der Waals surface area (Å²) < 4.78 is 10.4. The maximum Gasteiger partial charge on any atom is 0.233 e. The molecule has 29 heavy (non-hydrogen) atoms. The number of hydrogen-bond acceptors (Lipinski definition) is 5. The van der Waals surface area contributed by atoms with Crippen molar-refractivity contribution >= 4 is 23.2 Å². The van der Waals surface area contributed by atoms with Gasteiger partial charge in [-0.3, -0.25) is 9.59 Å². The predicted molar refractivity (Wildman–Crippen MR) is 113 cm³/mol. The van der Waals surface area contributed by atoms with Crippen molar-refractivity contribution in [2.24, 2.45) is 0 Å². The van der Waals surface area contributed by atoms with Gasteiger partial charge in [0.15, 0.2) is 0 Å². The number of aryl methyl sites for hydroxylation is 1. The van der Waals surface area contributed by atoms with Crippen LogP contribution in [0.5, 0.6) is 11.5 Å². The Bertz CT molecular complexity index is 876. The van der Waals surface area contributed by atoms with Crippen molar-refractivity contribution < 1.29 is 19.1 Å². The minimum Gasteiger partial charge on any atom is -0.497 e. The zero-order valence-electron chi connectivity index (χ0n) is 17.1. The lowest BCUT2D eigenvalue weighted by Crippen LogP contribution is -2.49. The van der Waals surface area contributed by atoms with E-state index in [0.29, 0.717) is 30.3 Å². The van der Waals surface area contributed by atoms with Crippen molar-refractivity contribution in [3.05, 3.63) is 48.0 Å². The summed E-state index contributed by atoms with van der Waals surface area (Å²) in [6.07, 6.45) is -0.195. The molecule has 1 saturated heterocycles. The number of benzene rings is 2. The van der Waals surface area contributed by atoms with E-state index in [9.17, 15) is 9.59 Å². The summed E-state index contributed by atoms with van der Waals surface area (Å²) in [7, 11) is 3.08. The normalized spacial score (nSPS) is 13.8. The van der Waals surface area contributed by atoms with Gasteiger partial charge in [-0.05, 0) is 36.8 Å². The lowest BCUT2D eigenvalue weighted by atomic mass is 10.2. The first-order valence-corrected chi connectivity index (χ1v) is 9.61. The maximum atomic E-state index is 12.5. The van der Waals surface area contributed by atoms with Gasteiger partial charge in [-0.2, -0.15) is 0 Å². The Morgan fingerprint density at radius 3 is 2.41 bits per heavy atom. The Balaban J connectivity index is 1.52. The molecule has 0 atom stereocenters. The van der Waals surface area contributed by atoms with Crippen molar-refractivity contribution in [1.82, 2.24) is 4.90 Å². The molecule has 0 aliphatic carbocycles. The number of carbonyl (C=O) groups is 2. The third kappa shape index (κ3) is 5.19. The molecule has 2 amide bonds. The largest absolute Gasteiger partial charge is 0.497 e. The van der Waals surface area contributed by atoms with Gasteiger partial charge in [-0.25, -0.2) is 0 Å². The van der Waals surface area contributed by atoms with E-state index in [2.05, 4.69) is 35.3 Å². The van der Waals surface area contributed by atoms with Crippen molar-refractivity contribution in [2.45, 2.75) is 13.3 Å². The Kier molecular flexibility index (Phi) is 6.59. The molecule has 0 saturated carbocycles. The van der Waals surface area contributed by atoms with Gasteiger partial charge < -0.3 is 24.6 Å². The molecule has 0 radical (unpaired) electrons. The zero-order chi connectivity index (χ0) is 20.8. The molecule has 0 unspecified atom stereocenters. The topological polar surface area (TPSA) is 71.1 Å². The Hall–Kier alpha value is -3.22. The van der Waals surface area contributed by atoms with Crippen LogP contribution in [0.15, 0.2) is 42.5 Å². The molecular formula is C22H27N3O4. The van der Waals surface area contributed by atoms with Crippen LogP contribution in [-0.2, 0) is 9.59 Å². The highest BCUT2D eigenvalue weighted by molar-refractivity contribution is 6.04. The number of nitrogens with one attached hydrogen (secondary N) is 1. The average molecular weight is 397 g/mol. The molecule has 1 N–H and O–H groups in total. The SMILES string of the molecule is COc1ccc(NC(=O)CC(=O)N2CCN(c3cccc(C)c3)CC2)c(OC)c1. The van der Waals surface area contributed by atoms with E-state index in [0.717, 1.165) is 13.1 Å². The quantitative estimate of drug-likeness (QED) is 0.759. The van der Waals surface area contributed by atoms with E-state index in [1.54, 1.807) is 30.2 Å². The lowest BCUT2D eigenvalue weighted by molar-refractivity contribution is -0.134. The van der Waals surface area contributed by atoms with Crippen LogP contribution in [0.2, 0.25) is 0 Å². The van der Waals surface area contributed by atoms with Crippen LogP contribution in [0.1, 0.15) is 12.0 Å². The van der Waals surface area contributed by atoms with Crippen LogP contribution in [0.25, 0.3) is 0 Å². The van der Waals surface area contributed by atoms with Gasteiger partial charge >= 0.3 is 0 Å². The molecule has 3 rings (SSSR count). The fourth-order valence-corrected chi connectivity index (χ4v) is 3.38. The number of carbonyl (C=O) groups excluding carboxylic acids is 2. The van der Waals surface area contributed by atoms with Crippen molar-refractivity contribution in [3.63, 3.8) is 0 Å². The predicted octanol–water partition coefficient (Wildman–Crippen LogP) is 2.69. The summed E-state index contributed by atoms with van der Waals surface area (Å²) in [5, 5.41) is 2.75. The van der Waals surface area contributed by atoms with Crippen LogP contribution < -0.4 is 19.7 Å². The van der Waals surface area contributed by atoms with Gasteiger partial charge in [0.1, 0.15) is 17.9 Å². The molecule has 0 bridgehead atoms. The molecule has 2 aromatic carbocycles. The average Bonchev–Trinajstić information content (AvgIpc) is 2.74. The van der Waals surface area contributed by atoms with Crippen LogP contribution >= 0.6 is 0 Å². The summed E-state index contributed by atoms with van der Waals surface area (Å²) in [4.78, 5) is 28.9. The molecule has 7 nitrogen and oxygen atoms in total. The van der Waals surface area contributed by atoms with Crippen LogP contribution in [-0.4, -0.2) is 57.1 Å². The van der Waals surface area contributed by atoms with Crippen LogP contribution in [0.3, 0.4) is 0 Å². The van der Waals surface area contributed by atoms with Crippen LogP contribution in [0, 0.1) is 6.92 Å². The Labute approximate surface area is 171 Å². The smallest absolute Gasteiger partial charge is 0.233 e. The summed E-state index contributed by atoms with van der Waals surface area (Å²) in [5.74, 6) is 0.581. The molecule has 0 aromatic heterocycles. The summed E-state index contributed by atoms with van der Waals surface area (Å²) in [6, 6.07) is 13.4. The monoisotopic (exact) mass is 397 g/mol. The van der Waals surface area contributed by atoms with E-state index in [1.165, 1.54) is 18.4 Å². The summed E-state index contributed by atoms with van der Waals surface area (Å²) in [5.41, 5.74) is 2.89. The second-order valence-electron chi connectivity index (χ2n) is 7.00. The van der Waals surface area contributed by atoms with E-state index in [1.807, 2.05) is 6.07 Å². The molecular weight excluding hydrogens is 370 g/mol. The van der Waals surface area contributed by atoms with Gasteiger partial charge in [0.2, 0.25) is 11.8 Å². The number of anilines is 2. The van der Waals surface area contributed by atoms with E-state index in [-0.39, 0.29) is 18.2 Å². The number of ether oxygens (including phenoxy) is 2. The second kappa shape index (κ2) is 9.32. The van der Waals surface area contributed by atoms with Crippen molar-refractivity contribution in [3.8, 4) is 11.5 Å². The summed E-state index contributed by atoms with van der Waals surface area (Å²) in [6.45, 7) is 4.78. The van der Waals surface area contributed by atoms with Gasteiger partial charge in [-0.1, -0.05) is 12.1 Å². The first-order chi connectivity index (χ1) is 14.0. The zero-order valence-corrected chi connectivity index (χ0v) is 17.1. The molecule has 7 heteroatoms. The number of piperazine rings is 1. The van der Waals surface area contributed by atoms with E-state index < -0.39 is 0 Å². The minimum atomic E-state index is -0.361. The molecule has 2 aromatic rings. The first kappa shape index (κ1) is 20.5. The molecule has 1 aliphatic heterocycles. The Morgan fingerprint density at radius 2 is 1.76 bits per heavy atom. The maximum absolute atomic E-state index is 12.5. The van der Waals surface area contributed by atoms with Crippen molar-refractivity contribution in [2.75, 3.05) is 50.6 Å². The molecule has 1 heterocycles. The second-order valence-corrected chi connectivity index (χ2v) is 7.00. The van der Waals surface area contributed by atoms with E-state index >= 15 is 0 Å². The highest BCUT2D eigenvalue weighted by Crippen LogP contribution is 2.29. The number of methoxy groups -OCH3 is 2. The highest BCUT2D eigenvalue weighted by atomic mass is 16.5. The number of rotatable bonds is 6. The van der Waals surface area contributed by atoms with E-state index in [4.69, 9.17) is 9.47 Å². The number of nitrogens with zero attached hydrogens (tertiary/aromatic N) is 2. The third-order valence-corrected chi connectivity index (χ3v) is 4.99. The Morgan fingerprint density at radius 1 is 1.00 bits per heavy atom. The highest BCUT2D eigenvalue weighted by Gasteiger charge is 2.23. The van der Waals surface area contributed by atoms with Crippen molar-refractivity contribution in [1.29, 1.82) is 0 Å².